The van der Waals surface area contributed by atoms with Crippen molar-refractivity contribution in [1.29, 1.82) is 0 Å². The molecule has 102 valence electrons. The summed E-state index contributed by atoms with van der Waals surface area (Å²) >= 11 is 0. The van der Waals surface area contributed by atoms with E-state index < -0.39 is 11.9 Å². The van der Waals surface area contributed by atoms with E-state index in [9.17, 15) is 13.2 Å². The summed E-state index contributed by atoms with van der Waals surface area (Å²) in [5.41, 5.74) is 0.802. The van der Waals surface area contributed by atoms with Crippen molar-refractivity contribution in [2.24, 2.45) is 7.05 Å². The summed E-state index contributed by atoms with van der Waals surface area (Å²) in [4.78, 5) is 0. The predicted molar refractivity (Wildman–Crippen MR) is 73.4 cm³/mol. The lowest BCUT2D eigenvalue weighted by atomic mass is 10.0. The van der Waals surface area contributed by atoms with Gasteiger partial charge in [-0.1, -0.05) is 48.5 Å². The molecular weight excluding hydrogens is 263 g/mol. The number of hydrogen-bond acceptors (Lipinski definition) is 0. The third-order valence-corrected chi connectivity index (χ3v) is 3.44. The molecule has 0 atom stereocenters. The van der Waals surface area contributed by atoms with E-state index in [1.165, 1.54) is 11.6 Å². The molecule has 1 heterocycles. The van der Waals surface area contributed by atoms with Crippen LogP contribution in [0.15, 0.2) is 54.6 Å². The van der Waals surface area contributed by atoms with E-state index in [1.807, 2.05) is 0 Å². The van der Waals surface area contributed by atoms with Crippen molar-refractivity contribution >= 4 is 10.9 Å². The van der Waals surface area contributed by atoms with Crippen molar-refractivity contribution in [2.45, 2.75) is 6.18 Å². The van der Waals surface area contributed by atoms with E-state index in [1.54, 1.807) is 54.6 Å². The minimum absolute atomic E-state index is 0.246. The first-order valence-electron chi connectivity index (χ1n) is 6.20. The maximum atomic E-state index is 13.4. The molecule has 0 fully saturated rings. The number of para-hydroxylation sites is 1. The Balaban J connectivity index is 2.46. The summed E-state index contributed by atoms with van der Waals surface area (Å²) in [6, 6.07) is 15.6. The average molecular weight is 275 g/mol. The van der Waals surface area contributed by atoms with Crippen LogP contribution in [-0.4, -0.2) is 4.57 Å². The summed E-state index contributed by atoms with van der Waals surface area (Å²) in [5, 5.41) is 0.619. The van der Waals surface area contributed by atoms with Crippen molar-refractivity contribution in [1.82, 2.24) is 4.57 Å². The van der Waals surface area contributed by atoms with Crippen LogP contribution in [0, 0.1) is 0 Å². The van der Waals surface area contributed by atoms with Gasteiger partial charge in [0, 0.05) is 23.5 Å². The van der Waals surface area contributed by atoms with E-state index in [0.29, 0.717) is 16.5 Å². The van der Waals surface area contributed by atoms with Crippen LogP contribution >= 0.6 is 0 Å². The number of hydrogen-bond donors (Lipinski definition) is 0. The fourth-order valence-corrected chi connectivity index (χ4v) is 2.62. The first kappa shape index (κ1) is 12.8. The smallest absolute Gasteiger partial charge is 0.340 e. The van der Waals surface area contributed by atoms with Gasteiger partial charge in [-0.2, -0.15) is 13.2 Å². The third kappa shape index (κ3) is 1.88. The van der Waals surface area contributed by atoms with Gasteiger partial charge in [0.05, 0.1) is 0 Å². The van der Waals surface area contributed by atoms with Crippen LogP contribution in [0.3, 0.4) is 0 Å². The quantitative estimate of drug-likeness (QED) is 0.597. The average Bonchev–Trinajstić information content (AvgIpc) is 2.74. The SMILES string of the molecule is Cn1c(C(F)(F)F)c(-c2ccccc2)c2ccccc21. The molecule has 3 aromatic rings. The van der Waals surface area contributed by atoms with Crippen molar-refractivity contribution in [3.05, 3.63) is 60.3 Å². The van der Waals surface area contributed by atoms with Crippen molar-refractivity contribution < 1.29 is 13.2 Å². The van der Waals surface area contributed by atoms with Gasteiger partial charge < -0.3 is 4.57 Å². The maximum Gasteiger partial charge on any atom is 0.432 e. The molecule has 0 saturated carbocycles. The number of halogens is 3. The Labute approximate surface area is 114 Å². The lowest BCUT2D eigenvalue weighted by molar-refractivity contribution is -0.142. The molecule has 1 nitrogen and oxygen atoms in total. The highest BCUT2D eigenvalue weighted by atomic mass is 19.4. The molecule has 0 aliphatic rings. The highest BCUT2D eigenvalue weighted by Gasteiger charge is 2.38. The molecule has 3 rings (SSSR count). The van der Waals surface area contributed by atoms with Gasteiger partial charge in [0.25, 0.3) is 0 Å². The monoisotopic (exact) mass is 275 g/mol. The van der Waals surface area contributed by atoms with Crippen LogP contribution < -0.4 is 0 Å². The molecule has 0 N–H and O–H groups in total. The van der Waals surface area contributed by atoms with Crippen molar-refractivity contribution in [2.75, 3.05) is 0 Å². The number of rotatable bonds is 1. The van der Waals surface area contributed by atoms with Gasteiger partial charge in [0.15, 0.2) is 0 Å². The lowest BCUT2D eigenvalue weighted by Gasteiger charge is -2.11. The molecule has 4 heteroatoms. The third-order valence-electron chi connectivity index (χ3n) is 3.44. The van der Waals surface area contributed by atoms with Crippen molar-refractivity contribution in [3.8, 4) is 11.1 Å². The fourth-order valence-electron chi connectivity index (χ4n) is 2.62. The molecule has 0 spiro atoms. The van der Waals surface area contributed by atoms with Gasteiger partial charge in [-0.05, 0) is 11.6 Å². The van der Waals surface area contributed by atoms with Crippen LogP contribution in [0.5, 0.6) is 0 Å². The molecule has 0 aliphatic heterocycles. The molecule has 0 radical (unpaired) electrons. The first-order valence-corrected chi connectivity index (χ1v) is 6.20. The molecule has 1 aromatic heterocycles. The Morgan fingerprint density at radius 2 is 1.45 bits per heavy atom. The van der Waals surface area contributed by atoms with E-state index in [-0.39, 0.29) is 5.56 Å². The number of aryl methyl sites for hydroxylation is 1. The fraction of sp³-hybridized carbons (Fsp3) is 0.125. The van der Waals surface area contributed by atoms with Gasteiger partial charge in [-0.15, -0.1) is 0 Å². The van der Waals surface area contributed by atoms with Crippen LogP contribution in [0.2, 0.25) is 0 Å². The minimum atomic E-state index is -4.39. The number of nitrogens with zero attached hydrogens (tertiary/aromatic N) is 1. The second-order valence-electron chi connectivity index (χ2n) is 4.66. The van der Waals surface area contributed by atoms with E-state index >= 15 is 0 Å². The summed E-state index contributed by atoms with van der Waals surface area (Å²) in [6.45, 7) is 0. The Bertz CT molecular complexity index is 754. The van der Waals surface area contributed by atoms with E-state index in [2.05, 4.69) is 0 Å². The van der Waals surface area contributed by atoms with Gasteiger partial charge >= 0.3 is 6.18 Å². The zero-order valence-corrected chi connectivity index (χ0v) is 10.8. The molecule has 0 bridgehead atoms. The Morgan fingerprint density at radius 1 is 0.850 bits per heavy atom. The molecule has 0 amide bonds. The van der Waals surface area contributed by atoms with Crippen LogP contribution in [0.1, 0.15) is 5.69 Å². The topological polar surface area (TPSA) is 4.93 Å². The minimum Gasteiger partial charge on any atom is -0.340 e. The number of fused-ring (bicyclic) bond motifs is 1. The van der Waals surface area contributed by atoms with Gasteiger partial charge in [0.2, 0.25) is 0 Å². The van der Waals surface area contributed by atoms with E-state index in [0.717, 1.165) is 0 Å². The second kappa shape index (κ2) is 4.40. The molecule has 2 aromatic carbocycles. The zero-order chi connectivity index (χ0) is 14.3. The number of benzene rings is 2. The number of alkyl halides is 3. The van der Waals surface area contributed by atoms with E-state index in [4.69, 9.17) is 0 Å². The van der Waals surface area contributed by atoms with Gasteiger partial charge in [-0.25, -0.2) is 0 Å². The normalized spacial score (nSPS) is 12.0. The van der Waals surface area contributed by atoms with Crippen LogP contribution in [0.4, 0.5) is 13.2 Å². The summed E-state index contributed by atoms with van der Waals surface area (Å²) in [7, 11) is 1.46. The predicted octanol–water partition coefficient (Wildman–Crippen LogP) is 4.86. The first-order chi connectivity index (χ1) is 9.50. The highest BCUT2D eigenvalue weighted by Crippen LogP contribution is 2.42. The van der Waals surface area contributed by atoms with Crippen LogP contribution in [-0.2, 0) is 13.2 Å². The Hall–Kier alpha value is -2.23. The van der Waals surface area contributed by atoms with Gasteiger partial charge in [0.1, 0.15) is 5.69 Å². The summed E-state index contributed by atoms with van der Waals surface area (Å²) < 4.78 is 41.5. The molecule has 20 heavy (non-hydrogen) atoms. The maximum absolute atomic E-state index is 13.4. The standard InChI is InChI=1S/C16H12F3N/c1-20-13-10-6-5-9-12(13)14(15(20)16(17,18)19)11-7-3-2-4-8-11/h2-10H,1H3. The zero-order valence-electron chi connectivity index (χ0n) is 10.8. The number of aromatic nitrogens is 1. The molecular formula is C16H12F3N. The molecule has 0 unspecified atom stereocenters. The summed E-state index contributed by atoms with van der Waals surface area (Å²) in [5.74, 6) is 0. The summed E-state index contributed by atoms with van der Waals surface area (Å²) in [6.07, 6.45) is -4.39. The van der Waals surface area contributed by atoms with Crippen molar-refractivity contribution in [3.63, 3.8) is 0 Å². The largest absolute Gasteiger partial charge is 0.432 e. The molecule has 0 saturated heterocycles. The van der Waals surface area contributed by atoms with Gasteiger partial charge in [-0.3, -0.25) is 0 Å². The molecule has 0 aliphatic carbocycles. The second-order valence-corrected chi connectivity index (χ2v) is 4.66. The Kier molecular flexibility index (Phi) is 2.82. The Morgan fingerprint density at radius 3 is 2.10 bits per heavy atom. The van der Waals surface area contributed by atoms with Crippen LogP contribution in [0.25, 0.3) is 22.0 Å². The highest BCUT2D eigenvalue weighted by molar-refractivity contribution is 5.98. The lowest BCUT2D eigenvalue weighted by Crippen LogP contribution is -2.12.